The van der Waals surface area contributed by atoms with E-state index in [1.807, 2.05) is 29.8 Å². The number of ether oxygens (including phenoxy) is 1. The predicted octanol–water partition coefficient (Wildman–Crippen LogP) is 3.10. The van der Waals surface area contributed by atoms with E-state index in [0.717, 1.165) is 30.1 Å². The van der Waals surface area contributed by atoms with Gasteiger partial charge in [-0.15, -0.1) is 11.3 Å². The predicted molar refractivity (Wildman–Crippen MR) is 109 cm³/mol. The van der Waals surface area contributed by atoms with Crippen LogP contribution in [-0.4, -0.2) is 57.5 Å². The van der Waals surface area contributed by atoms with Gasteiger partial charge in [-0.05, 0) is 25.0 Å². The summed E-state index contributed by atoms with van der Waals surface area (Å²) in [5, 5.41) is 3.03. The van der Waals surface area contributed by atoms with Gasteiger partial charge in [-0.3, -0.25) is 14.7 Å². The van der Waals surface area contributed by atoms with E-state index in [0.29, 0.717) is 32.3 Å². The van der Waals surface area contributed by atoms with Gasteiger partial charge in [0.2, 0.25) is 5.91 Å². The number of hydrogen-bond acceptors (Lipinski definition) is 6. The van der Waals surface area contributed by atoms with E-state index in [-0.39, 0.29) is 12.0 Å². The number of carbonyl (C=O) groups is 1. The van der Waals surface area contributed by atoms with Crippen LogP contribution in [0.1, 0.15) is 42.8 Å². The second-order valence-corrected chi connectivity index (χ2v) is 8.67. The largest absolute Gasteiger partial charge is 0.369 e. The first-order valence-corrected chi connectivity index (χ1v) is 11.1. The molecule has 3 heterocycles. The van der Waals surface area contributed by atoms with E-state index < -0.39 is 0 Å². The van der Waals surface area contributed by atoms with Gasteiger partial charge in [-0.25, -0.2) is 4.98 Å². The minimum Gasteiger partial charge on any atom is -0.369 e. The van der Waals surface area contributed by atoms with Gasteiger partial charge in [0, 0.05) is 36.9 Å². The summed E-state index contributed by atoms with van der Waals surface area (Å²) in [4.78, 5) is 26.1. The first-order chi connectivity index (χ1) is 13.8. The number of amides is 1. The minimum absolute atomic E-state index is 0.0182. The van der Waals surface area contributed by atoms with Gasteiger partial charge in [-0.1, -0.05) is 25.3 Å². The number of aromatic nitrogens is 2. The summed E-state index contributed by atoms with van der Waals surface area (Å²) in [6.07, 6.45) is 9.55. The van der Waals surface area contributed by atoms with Crippen LogP contribution in [0.25, 0.3) is 0 Å². The van der Waals surface area contributed by atoms with E-state index in [1.165, 1.54) is 19.3 Å². The lowest BCUT2D eigenvalue weighted by molar-refractivity contribution is -0.135. The fraction of sp³-hybridized carbons (Fsp3) is 0.571. The average Bonchev–Trinajstić information content (AvgIpc) is 3.18. The molecule has 0 N–H and O–H groups in total. The van der Waals surface area contributed by atoms with Crippen LogP contribution in [-0.2, 0) is 22.7 Å². The molecule has 6 nitrogen and oxygen atoms in total. The van der Waals surface area contributed by atoms with E-state index in [9.17, 15) is 4.79 Å². The van der Waals surface area contributed by atoms with E-state index in [1.54, 1.807) is 17.5 Å². The third-order valence-corrected chi connectivity index (χ3v) is 6.36. The maximum Gasteiger partial charge on any atom is 0.237 e. The minimum atomic E-state index is -0.0182. The molecule has 1 saturated carbocycles. The van der Waals surface area contributed by atoms with Gasteiger partial charge in [0.05, 0.1) is 31.5 Å². The highest BCUT2D eigenvalue weighted by Gasteiger charge is 2.33. The van der Waals surface area contributed by atoms with Crippen molar-refractivity contribution in [2.45, 2.75) is 57.4 Å². The molecule has 2 aromatic heterocycles. The van der Waals surface area contributed by atoms with Crippen molar-refractivity contribution in [1.82, 2.24) is 19.8 Å². The average molecular weight is 401 g/mol. The van der Waals surface area contributed by atoms with E-state index in [4.69, 9.17) is 4.74 Å². The lowest BCUT2D eigenvalue weighted by atomic mass is 9.94. The molecule has 1 saturated heterocycles. The molecule has 28 heavy (non-hydrogen) atoms. The Balaban J connectivity index is 1.46. The Morgan fingerprint density at radius 2 is 2.00 bits per heavy atom. The number of nitrogens with zero attached hydrogens (tertiary/aromatic N) is 4. The van der Waals surface area contributed by atoms with Crippen LogP contribution in [0.15, 0.2) is 36.0 Å². The van der Waals surface area contributed by atoms with E-state index in [2.05, 4.69) is 19.8 Å². The molecule has 0 unspecified atom stereocenters. The summed E-state index contributed by atoms with van der Waals surface area (Å²) >= 11 is 1.64. The molecule has 0 spiro atoms. The van der Waals surface area contributed by atoms with Crippen molar-refractivity contribution in [2.75, 3.05) is 19.6 Å². The Kier molecular flexibility index (Phi) is 6.67. The highest BCUT2D eigenvalue weighted by Crippen LogP contribution is 2.25. The van der Waals surface area contributed by atoms with Gasteiger partial charge in [-0.2, -0.15) is 0 Å². The first-order valence-electron chi connectivity index (χ1n) is 10.2. The molecule has 2 fully saturated rings. The molecule has 2 aromatic rings. The van der Waals surface area contributed by atoms with Crippen molar-refractivity contribution in [1.29, 1.82) is 0 Å². The van der Waals surface area contributed by atoms with Gasteiger partial charge in [0.25, 0.3) is 0 Å². The number of thiazole rings is 1. The Hall–Kier alpha value is -1.83. The van der Waals surface area contributed by atoms with Gasteiger partial charge in [0.1, 0.15) is 5.01 Å². The summed E-state index contributed by atoms with van der Waals surface area (Å²) in [5.41, 5.74) is 0.925. The van der Waals surface area contributed by atoms with Crippen LogP contribution < -0.4 is 0 Å². The highest BCUT2D eigenvalue weighted by molar-refractivity contribution is 7.09. The molecule has 0 aromatic carbocycles. The number of pyridine rings is 1. The Morgan fingerprint density at radius 1 is 1.11 bits per heavy atom. The van der Waals surface area contributed by atoms with Crippen LogP contribution in [0, 0.1) is 0 Å². The topological polar surface area (TPSA) is 58.6 Å². The Morgan fingerprint density at radius 3 is 2.75 bits per heavy atom. The summed E-state index contributed by atoms with van der Waals surface area (Å²) in [7, 11) is 0. The molecule has 1 amide bonds. The molecule has 1 atom stereocenters. The van der Waals surface area contributed by atoms with Crippen LogP contribution in [0.4, 0.5) is 0 Å². The Labute approximate surface area is 170 Å². The quantitative estimate of drug-likeness (QED) is 0.746. The summed E-state index contributed by atoms with van der Waals surface area (Å²) in [5.74, 6) is 0.229. The third-order valence-electron chi connectivity index (χ3n) is 5.59. The monoisotopic (exact) mass is 400 g/mol. The van der Waals surface area contributed by atoms with Crippen molar-refractivity contribution in [3.05, 3.63) is 46.7 Å². The number of carbonyl (C=O) groups excluding carboxylic acids is 1. The normalized spacial score (nSPS) is 22.4. The Bertz CT molecular complexity index is 734. The maximum atomic E-state index is 13.1. The molecular weight excluding hydrogens is 372 g/mol. The summed E-state index contributed by atoms with van der Waals surface area (Å²) in [6.45, 7) is 3.03. The molecule has 0 bridgehead atoms. The van der Waals surface area contributed by atoms with Crippen molar-refractivity contribution >= 4 is 17.2 Å². The van der Waals surface area contributed by atoms with Crippen LogP contribution in [0.5, 0.6) is 0 Å². The number of hydrogen-bond donors (Lipinski definition) is 0. The fourth-order valence-electron chi connectivity index (χ4n) is 4.19. The molecular formula is C21H28N4O2S. The van der Waals surface area contributed by atoms with Crippen molar-refractivity contribution in [2.24, 2.45) is 0 Å². The summed E-state index contributed by atoms with van der Waals surface area (Å²) < 4.78 is 6.25. The van der Waals surface area contributed by atoms with Crippen LogP contribution in [0.2, 0.25) is 0 Å². The van der Waals surface area contributed by atoms with E-state index >= 15 is 0 Å². The van der Waals surface area contributed by atoms with Crippen LogP contribution >= 0.6 is 11.3 Å². The fourth-order valence-corrected chi connectivity index (χ4v) is 4.85. The molecule has 2 aliphatic rings. The molecule has 7 heteroatoms. The zero-order chi connectivity index (χ0) is 19.2. The molecule has 1 aliphatic heterocycles. The second-order valence-electron chi connectivity index (χ2n) is 7.69. The van der Waals surface area contributed by atoms with Gasteiger partial charge < -0.3 is 9.64 Å². The van der Waals surface area contributed by atoms with Gasteiger partial charge in [0.15, 0.2) is 0 Å². The maximum absolute atomic E-state index is 13.1. The van der Waals surface area contributed by atoms with Crippen molar-refractivity contribution in [3.63, 3.8) is 0 Å². The lowest BCUT2D eigenvalue weighted by Gasteiger charge is -2.35. The molecule has 0 radical (unpaired) electrons. The number of rotatable bonds is 6. The highest BCUT2D eigenvalue weighted by atomic mass is 32.1. The SMILES string of the molecule is O=C1CN(Cc2nccs2)C[C@H](OCc2ccccn2)CN1C1CCCCC1. The smallest absolute Gasteiger partial charge is 0.237 e. The lowest BCUT2D eigenvalue weighted by Crippen LogP contribution is -2.45. The second kappa shape index (κ2) is 9.58. The molecule has 4 rings (SSSR count). The standard InChI is InChI=1S/C21H28N4O2S/c26-21-15-24(14-20-23-10-11-28-20)12-19(27-16-17-6-4-5-9-22-17)13-25(21)18-7-2-1-3-8-18/h4-6,9-11,18-19H,1-3,7-8,12-16H2/t19-/m0/s1. The zero-order valence-electron chi connectivity index (χ0n) is 16.2. The third kappa shape index (κ3) is 5.16. The molecule has 150 valence electrons. The first kappa shape index (κ1) is 19.5. The van der Waals surface area contributed by atoms with Gasteiger partial charge >= 0.3 is 0 Å². The summed E-state index contributed by atoms with van der Waals surface area (Å²) in [6, 6.07) is 6.23. The molecule has 1 aliphatic carbocycles. The van der Waals surface area contributed by atoms with Crippen molar-refractivity contribution in [3.8, 4) is 0 Å². The zero-order valence-corrected chi connectivity index (χ0v) is 17.0. The van der Waals surface area contributed by atoms with Crippen molar-refractivity contribution < 1.29 is 9.53 Å². The van der Waals surface area contributed by atoms with Crippen LogP contribution in [0.3, 0.4) is 0 Å².